The summed E-state index contributed by atoms with van der Waals surface area (Å²) in [4.78, 5) is 25.5. The molecule has 0 aliphatic rings. The van der Waals surface area contributed by atoms with Crippen LogP contribution in [0, 0.1) is 5.41 Å². The Morgan fingerprint density at radius 3 is 2.35 bits per heavy atom. The Morgan fingerprint density at radius 1 is 1.03 bits per heavy atom. The molecule has 2 amide bonds. The molecule has 0 spiro atoms. The molecule has 2 N–H and O–H groups in total. The minimum atomic E-state index is -0.722. The van der Waals surface area contributed by atoms with E-state index < -0.39 is 6.04 Å². The average molecular weight is 457 g/mol. The highest BCUT2D eigenvalue weighted by Gasteiger charge is 2.25. The molecule has 1 unspecified atom stereocenters. The Balaban J connectivity index is 1.73. The molecule has 0 saturated heterocycles. The van der Waals surface area contributed by atoms with Crippen LogP contribution in [0.4, 0.5) is 5.13 Å². The number of anilines is 1. The highest BCUT2D eigenvalue weighted by atomic mass is 35.5. The summed E-state index contributed by atoms with van der Waals surface area (Å²) in [5.41, 5.74) is 1.64. The van der Waals surface area contributed by atoms with Crippen molar-refractivity contribution < 1.29 is 9.59 Å². The molecule has 31 heavy (non-hydrogen) atoms. The third-order valence-corrected chi connectivity index (χ3v) is 5.51. The number of nitrogens with zero attached hydrogens (tertiary/aromatic N) is 2. The van der Waals surface area contributed by atoms with Gasteiger partial charge in [-0.2, -0.15) is 0 Å². The number of benzene rings is 2. The van der Waals surface area contributed by atoms with Crippen LogP contribution in [0.3, 0.4) is 0 Å². The number of carbonyl (C=O) groups is 2. The smallest absolute Gasteiger partial charge is 0.249 e. The highest BCUT2D eigenvalue weighted by molar-refractivity contribution is 7.18. The van der Waals surface area contributed by atoms with E-state index in [0.29, 0.717) is 28.0 Å². The fraction of sp³-hybridized carbons (Fsp3) is 0.304. The molecule has 0 bridgehead atoms. The van der Waals surface area contributed by atoms with Gasteiger partial charge in [0.25, 0.3) is 0 Å². The fourth-order valence-electron chi connectivity index (χ4n) is 2.96. The van der Waals surface area contributed by atoms with Gasteiger partial charge in [0.05, 0.1) is 0 Å². The normalized spacial score (nSPS) is 12.3. The summed E-state index contributed by atoms with van der Waals surface area (Å²) in [6, 6.07) is 16.1. The molecule has 0 radical (unpaired) electrons. The van der Waals surface area contributed by atoms with Gasteiger partial charge in [0.15, 0.2) is 0 Å². The lowest BCUT2D eigenvalue weighted by molar-refractivity contribution is -0.127. The zero-order valence-electron chi connectivity index (χ0n) is 17.7. The van der Waals surface area contributed by atoms with E-state index >= 15 is 0 Å². The Morgan fingerprint density at radius 2 is 1.71 bits per heavy atom. The molecular formula is C23H25ClN4O2S. The van der Waals surface area contributed by atoms with Gasteiger partial charge in [0.1, 0.15) is 11.0 Å². The van der Waals surface area contributed by atoms with Crippen molar-refractivity contribution in [3.63, 3.8) is 0 Å². The monoisotopic (exact) mass is 456 g/mol. The molecule has 2 aromatic carbocycles. The van der Waals surface area contributed by atoms with Gasteiger partial charge in [-0.25, -0.2) is 0 Å². The molecule has 1 heterocycles. The van der Waals surface area contributed by atoms with Crippen molar-refractivity contribution in [2.24, 2.45) is 5.41 Å². The van der Waals surface area contributed by atoms with Crippen molar-refractivity contribution in [1.82, 2.24) is 15.5 Å². The van der Waals surface area contributed by atoms with Crippen LogP contribution in [-0.4, -0.2) is 28.1 Å². The first-order chi connectivity index (χ1) is 14.7. The lowest BCUT2D eigenvalue weighted by atomic mass is 9.91. The second-order valence-electron chi connectivity index (χ2n) is 8.46. The SMILES string of the molecule is CC(C)(C)CC(=O)NC(Cc1ccccc1)C(=O)Nc1nnc(-c2ccc(Cl)cc2)s1. The standard InChI is InChI=1S/C23H25ClN4O2S/c1-23(2,3)14-19(29)25-18(13-15-7-5-4-6-8-15)20(30)26-22-28-27-21(31-22)16-9-11-17(24)12-10-16/h4-12,18H,13-14H2,1-3H3,(H,25,29)(H,26,28,30). The minimum Gasteiger partial charge on any atom is -0.344 e. The molecule has 1 atom stereocenters. The molecule has 162 valence electrons. The molecule has 0 aliphatic heterocycles. The Kier molecular flexibility index (Phi) is 7.41. The zero-order chi connectivity index (χ0) is 22.4. The summed E-state index contributed by atoms with van der Waals surface area (Å²) in [6.07, 6.45) is 0.705. The van der Waals surface area contributed by atoms with E-state index in [-0.39, 0.29) is 17.2 Å². The van der Waals surface area contributed by atoms with Crippen LogP contribution in [0.15, 0.2) is 54.6 Å². The van der Waals surface area contributed by atoms with E-state index in [0.717, 1.165) is 11.1 Å². The topological polar surface area (TPSA) is 84.0 Å². The van der Waals surface area contributed by atoms with Gasteiger partial charge >= 0.3 is 0 Å². The van der Waals surface area contributed by atoms with Crippen LogP contribution < -0.4 is 10.6 Å². The third kappa shape index (κ3) is 7.15. The molecule has 8 heteroatoms. The second-order valence-corrected chi connectivity index (χ2v) is 9.87. The van der Waals surface area contributed by atoms with E-state index in [1.165, 1.54) is 11.3 Å². The summed E-state index contributed by atoms with van der Waals surface area (Å²) in [6.45, 7) is 5.95. The number of halogens is 1. The molecule has 6 nitrogen and oxygen atoms in total. The van der Waals surface area contributed by atoms with E-state index in [1.54, 1.807) is 12.1 Å². The first kappa shape index (κ1) is 22.9. The molecule has 1 aromatic heterocycles. The van der Waals surface area contributed by atoms with Crippen LogP contribution in [0.5, 0.6) is 0 Å². The number of amides is 2. The Hall–Kier alpha value is -2.77. The maximum absolute atomic E-state index is 13.0. The summed E-state index contributed by atoms with van der Waals surface area (Å²) < 4.78 is 0. The summed E-state index contributed by atoms with van der Waals surface area (Å²) in [5, 5.41) is 15.6. The van der Waals surface area contributed by atoms with E-state index in [2.05, 4.69) is 20.8 Å². The van der Waals surface area contributed by atoms with Crippen LogP contribution in [0.2, 0.25) is 5.02 Å². The summed E-state index contributed by atoms with van der Waals surface area (Å²) in [7, 11) is 0. The summed E-state index contributed by atoms with van der Waals surface area (Å²) in [5.74, 6) is -0.493. The molecule has 0 fully saturated rings. The fourth-order valence-corrected chi connectivity index (χ4v) is 3.84. The van der Waals surface area contributed by atoms with Crippen molar-refractivity contribution in [3.8, 4) is 10.6 Å². The van der Waals surface area contributed by atoms with Crippen molar-refractivity contribution in [2.75, 3.05) is 5.32 Å². The van der Waals surface area contributed by atoms with Gasteiger partial charge in [-0.05, 0) is 23.1 Å². The average Bonchev–Trinajstić information content (AvgIpc) is 3.16. The quantitative estimate of drug-likeness (QED) is 0.526. The van der Waals surface area contributed by atoms with Crippen LogP contribution >= 0.6 is 22.9 Å². The molecule has 0 saturated carbocycles. The zero-order valence-corrected chi connectivity index (χ0v) is 19.3. The number of aromatic nitrogens is 2. The van der Waals surface area contributed by atoms with E-state index in [4.69, 9.17) is 11.6 Å². The number of hydrogen-bond donors (Lipinski definition) is 2. The van der Waals surface area contributed by atoms with Crippen molar-refractivity contribution in [3.05, 3.63) is 65.2 Å². The predicted molar refractivity (Wildman–Crippen MR) is 125 cm³/mol. The second kappa shape index (κ2) is 10.0. The molecular weight excluding hydrogens is 432 g/mol. The Bertz CT molecular complexity index is 1030. The number of hydrogen-bond acceptors (Lipinski definition) is 5. The van der Waals surface area contributed by atoms with Gasteiger partial charge in [0, 0.05) is 23.4 Å². The minimum absolute atomic E-state index is 0.164. The van der Waals surface area contributed by atoms with Gasteiger partial charge in [-0.1, -0.05) is 86.2 Å². The Labute approximate surface area is 191 Å². The first-order valence-corrected chi connectivity index (χ1v) is 11.1. The van der Waals surface area contributed by atoms with Crippen molar-refractivity contribution in [2.45, 2.75) is 39.7 Å². The lowest BCUT2D eigenvalue weighted by Gasteiger charge is -2.22. The number of nitrogens with one attached hydrogen (secondary N) is 2. The van der Waals surface area contributed by atoms with Crippen LogP contribution in [0.25, 0.3) is 10.6 Å². The first-order valence-electron chi connectivity index (χ1n) is 9.93. The van der Waals surface area contributed by atoms with Gasteiger partial charge in [-0.3, -0.25) is 14.9 Å². The maximum atomic E-state index is 13.0. The predicted octanol–water partition coefficient (Wildman–Crippen LogP) is 4.96. The van der Waals surface area contributed by atoms with Gasteiger partial charge < -0.3 is 5.32 Å². The number of rotatable bonds is 7. The van der Waals surface area contributed by atoms with Crippen LogP contribution in [-0.2, 0) is 16.0 Å². The summed E-state index contributed by atoms with van der Waals surface area (Å²) >= 11 is 7.19. The lowest BCUT2D eigenvalue weighted by Crippen LogP contribution is -2.46. The van der Waals surface area contributed by atoms with Gasteiger partial charge in [-0.15, -0.1) is 10.2 Å². The molecule has 3 aromatic rings. The maximum Gasteiger partial charge on any atom is 0.249 e. The van der Waals surface area contributed by atoms with Gasteiger partial charge in [0.2, 0.25) is 16.9 Å². The van der Waals surface area contributed by atoms with Crippen LogP contribution in [0.1, 0.15) is 32.8 Å². The largest absolute Gasteiger partial charge is 0.344 e. The number of carbonyl (C=O) groups excluding carboxylic acids is 2. The highest BCUT2D eigenvalue weighted by Crippen LogP contribution is 2.27. The third-order valence-electron chi connectivity index (χ3n) is 4.37. The van der Waals surface area contributed by atoms with E-state index in [9.17, 15) is 9.59 Å². The van der Waals surface area contributed by atoms with Crippen molar-refractivity contribution in [1.29, 1.82) is 0 Å². The molecule has 3 rings (SSSR count). The molecule has 0 aliphatic carbocycles. The van der Waals surface area contributed by atoms with E-state index in [1.807, 2.05) is 63.2 Å². The van der Waals surface area contributed by atoms with Crippen molar-refractivity contribution >= 4 is 39.9 Å².